The van der Waals surface area contributed by atoms with Crippen molar-refractivity contribution in [1.82, 2.24) is 19.5 Å². The Morgan fingerprint density at radius 2 is 2.27 bits per heavy atom. The Kier molecular flexibility index (Phi) is 4.04. The molecule has 1 amide bonds. The van der Waals surface area contributed by atoms with Crippen molar-refractivity contribution in [2.45, 2.75) is 32.4 Å². The predicted octanol–water partition coefficient (Wildman–Crippen LogP) is 1.37. The van der Waals surface area contributed by atoms with Crippen LogP contribution in [0, 0.1) is 6.92 Å². The number of imidazole rings is 1. The Morgan fingerprint density at radius 1 is 1.42 bits per heavy atom. The van der Waals surface area contributed by atoms with Crippen LogP contribution in [-0.2, 0) is 11.3 Å². The number of benzene rings is 1. The fourth-order valence-corrected chi connectivity index (χ4v) is 3.28. The lowest BCUT2D eigenvalue weighted by molar-refractivity contribution is 0.0970. The summed E-state index contributed by atoms with van der Waals surface area (Å²) in [7, 11) is 0. The molecule has 3 heterocycles. The first-order valence-corrected chi connectivity index (χ1v) is 8.52. The van der Waals surface area contributed by atoms with Crippen molar-refractivity contribution >= 4 is 17.1 Å². The predicted molar refractivity (Wildman–Crippen MR) is 95.8 cm³/mol. The van der Waals surface area contributed by atoms with Gasteiger partial charge < -0.3 is 15.5 Å². The van der Waals surface area contributed by atoms with Gasteiger partial charge in [-0.25, -0.2) is 14.8 Å². The van der Waals surface area contributed by atoms with E-state index >= 15 is 0 Å². The second-order valence-electron chi connectivity index (χ2n) is 6.50. The number of primary amides is 1. The van der Waals surface area contributed by atoms with E-state index in [0.29, 0.717) is 24.6 Å². The summed E-state index contributed by atoms with van der Waals surface area (Å²) in [4.78, 5) is 35.9. The van der Waals surface area contributed by atoms with Gasteiger partial charge in [-0.15, -0.1) is 0 Å². The molecule has 0 spiro atoms. The van der Waals surface area contributed by atoms with Crippen molar-refractivity contribution in [3.05, 3.63) is 46.0 Å². The Labute approximate surface area is 149 Å². The molecule has 1 aromatic carbocycles. The van der Waals surface area contributed by atoms with Crippen LogP contribution in [0.5, 0.6) is 0 Å². The maximum absolute atomic E-state index is 12.4. The summed E-state index contributed by atoms with van der Waals surface area (Å²) >= 11 is 0. The molecule has 1 unspecified atom stereocenters. The lowest BCUT2D eigenvalue weighted by Crippen LogP contribution is -2.24. The van der Waals surface area contributed by atoms with Crippen molar-refractivity contribution in [2.24, 2.45) is 5.73 Å². The number of hydrogen-bond acceptors (Lipinski definition) is 5. The minimum atomic E-state index is -0.711. The first kappa shape index (κ1) is 16.5. The van der Waals surface area contributed by atoms with E-state index in [0.717, 1.165) is 24.0 Å². The first-order valence-electron chi connectivity index (χ1n) is 8.52. The van der Waals surface area contributed by atoms with E-state index in [-0.39, 0.29) is 23.0 Å². The highest BCUT2D eigenvalue weighted by atomic mass is 16.5. The van der Waals surface area contributed by atoms with Crippen LogP contribution in [0.3, 0.4) is 0 Å². The Morgan fingerprint density at radius 3 is 2.96 bits per heavy atom. The van der Waals surface area contributed by atoms with Gasteiger partial charge >= 0.3 is 5.69 Å². The molecule has 0 aliphatic carbocycles. The molecule has 0 bridgehead atoms. The van der Waals surface area contributed by atoms with Crippen LogP contribution in [0.25, 0.3) is 22.6 Å². The number of H-pyrrole nitrogens is 1. The van der Waals surface area contributed by atoms with Crippen LogP contribution in [-0.4, -0.2) is 38.1 Å². The number of aromatic amines is 1. The number of amides is 1. The summed E-state index contributed by atoms with van der Waals surface area (Å²) in [5, 5.41) is 0. The second-order valence-corrected chi connectivity index (χ2v) is 6.50. The summed E-state index contributed by atoms with van der Waals surface area (Å²) in [6.07, 6.45) is 1.82. The summed E-state index contributed by atoms with van der Waals surface area (Å²) in [5.74, 6) is -0.355. The molecule has 0 saturated carbocycles. The van der Waals surface area contributed by atoms with Crippen molar-refractivity contribution in [2.75, 3.05) is 6.61 Å². The molecule has 1 atom stereocenters. The quantitative estimate of drug-likeness (QED) is 0.735. The Balaban J connectivity index is 1.91. The molecule has 8 nitrogen and oxygen atoms in total. The van der Waals surface area contributed by atoms with E-state index in [1.54, 1.807) is 0 Å². The van der Waals surface area contributed by atoms with Crippen LogP contribution < -0.4 is 11.4 Å². The largest absolute Gasteiger partial charge is 0.376 e. The minimum Gasteiger partial charge on any atom is -0.376 e. The third kappa shape index (κ3) is 2.88. The molecule has 1 aliphatic heterocycles. The van der Waals surface area contributed by atoms with Gasteiger partial charge in [-0.2, -0.15) is 0 Å². The molecule has 1 saturated heterocycles. The SMILES string of the molecule is Cc1cccc(-c2nc(C(N)=O)c3[nH]c(=O)n(CC4CCCO4)c3n2)c1. The number of rotatable bonds is 4. The average molecular weight is 353 g/mol. The van der Waals surface area contributed by atoms with Gasteiger partial charge in [0, 0.05) is 12.2 Å². The monoisotopic (exact) mass is 353 g/mol. The van der Waals surface area contributed by atoms with Crippen LogP contribution >= 0.6 is 0 Å². The fraction of sp³-hybridized carbons (Fsp3) is 0.333. The van der Waals surface area contributed by atoms with Crippen LogP contribution in [0.2, 0.25) is 0 Å². The molecule has 2 aromatic heterocycles. The van der Waals surface area contributed by atoms with Gasteiger partial charge in [0.1, 0.15) is 5.52 Å². The van der Waals surface area contributed by atoms with Gasteiger partial charge in [-0.05, 0) is 25.8 Å². The first-order chi connectivity index (χ1) is 12.5. The molecule has 26 heavy (non-hydrogen) atoms. The minimum absolute atomic E-state index is 0.00898. The molecule has 3 N–H and O–H groups in total. The maximum atomic E-state index is 12.4. The number of aromatic nitrogens is 4. The lowest BCUT2D eigenvalue weighted by Gasteiger charge is -2.10. The molecular weight excluding hydrogens is 334 g/mol. The maximum Gasteiger partial charge on any atom is 0.327 e. The molecule has 3 aromatic rings. The van der Waals surface area contributed by atoms with Crippen LogP contribution in [0.4, 0.5) is 0 Å². The summed E-state index contributed by atoms with van der Waals surface area (Å²) < 4.78 is 7.13. The number of carbonyl (C=O) groups is 1. The van der Waals surface area contributed by atoms with Crippen molar-refractivity contribution < 1.29 is 9.53 Å². The number of aryl methyl sites for hydroxylation is 1. The summed E-state index contributed by atoms with van der Waals surface area (Å²) in [6, 6.07) is 7.62. The highest BCUT2D eigenvalue weighted by molar-refractivity contribution is 6.01. The topological polar surface area (TPSA) is 116 Å². The average Bonchev–Trinajstić information content (AvgIpc) is 3.23. The van der Waals surface area contributed by atoms with E-state index < -0.39 is 5.91 Å². The van der Waals surface area contributed by atoms with E-state index in [4.69, 9.17) is 10.5 Å². The highest BCUT2D eigenvalue weighted by Crippen LogP contribution is 2.22. The third-order valence-corrected chi connectivity index (χ3v) is 4.54. The number of nitrogens with zero attached hydrogens (tertiary/aromatic N) is 3. The molecule has 0 radical (unpaired) electrons. The van der Waals surface area contributed by atoms with Crippen LogP contribution in [0.15, 0.2) is 29.1 Å². The fourth-order valence-electron chi connectivity index (χ4n) is 3.28. The third-order valence-electron chi connectivity index (χ3n) is 4.54. The van der Waals surface area contributed by atoms with Crippen LogP contribution in [0.1, 0.15) is 28.9 Å². The molecule has 1 fully saturated rings. The molecular formula is C18H19N5O3. The second kappa shape index (κ2) is 6.38. The summed E-state index contributed by atoms with van der Waals surface area (Å²) in [5.41, 5.74) is 7.57. The van der Waals surface area contributed by atoms with Crippen molar-refractivity contribution in [3.8, 4) is 11.4 Å². The zero-order valence-electron chi connectivity index (χ0n) is 14.4. The zero-order valence-corrected chi connectivity index (χ0v) is 14.4. The Hall–Kier alpha value is -3.00. The van der Waals surface area contributed by atoms with Crippen molar-refractivity contribution in [1.29, 1.82) is 0 Å². The van der Waals surface area contributed by atoms with Gasteiger partial charge in [0.2, 0.25) is 0 Å². The van der Waals surface area contributed by atoms with Gasteiger partial charge in [0.05, 0.1) is 12.6 Å². The number of hydrogen-bond donors (Lipinski definition) is 2. The number of carbonyl (C=O) groups excluding carboxylic acids is 1. The standard InChI is InChI=1S/C18H19N5O3/c1-10-4-2-5-11(8-10)16-20-13(15(19)24)14-17(22-16)23(18(25)21-14)9-12-6-3-7-26-12/h2,4-5,8,12H,3,6-7,9H2,1H3,(H2,19,24)(H,21,25). The number of nitrogens with two attached hydrogens (primary N) is 1. The normalized spacial score (nSPS) is 17.0. The number of ether oxygens (including phenoxy) is 1. The molecule has 134 valence electrons. The van der Waals surface area contributed by atoms with Gasteiger partial charge in [-0.1, -0.05) is 23.8 Å². The number of nitrogens with one attached hydrogen (secondary N) is 1. The van der Waals surface area contributed by atoms with E-state index in [1.165, 1.54) is 4.57 Å². The molecule has 4 rings (SSSR count). The Bertz CT molecular complexity index is 1050. The lowest BCUT2D eigenvalue weighted by atomic mass is 10.1. The highest BCUT2D eigenvalue weighted by Gasteiger charge is 2.23. The van der Waals surface area contributed by atoms with Gasteiger partial charge in [-0.3, -0.25) is 9.36 Å². The molecule has 8 heteroatoms. The van der Waals surface area contributed by atoms with E-state index in [9.17, 15) is 9.59 Å². The van der Waals surface area contributed by atoms with Crippen molar-refractivity contribution in [3.63, 3.8) is 0 Å². The molecule has 1 aliphatic rings. The van der Waals surface area contributed by atoms with Gasteiger partial charge in [0.15, 0.2) is 17.2 Å². The smallest absolute Gasteiger partial charge is 0.327 e. The van der Waals surface area contributed by atoms with E-state index in [2.05, 4.69) is 15.0 Å². The number of fused-ring (bicyclic) bond motifs is 1. The summed E-state index contributed by atoms with van der Waals surface area (Å²) in [6.45, 7) is 3.03. The van der Waals surface area contributed by atoms with Gasteiger partial charge in [0.25, 0.3) is 5.91 Å². The van der Waals surface area contributed by atoms with E-state index in [1.807, 2.05) is 31.2 Å². The zero-order chi connectivity index (χ0) is 18.3.